The quantitative estimate of drug-likeness (QED) is 0.860. The standard InChI is InChI=1S/C12H14BrN/c13-10-5-1-8(2-6-10)11-7-12(11,14)9-3-4-9/h1-2,5-6,9,11H,3-4,7,14H2. The van der Waals surface area contributed by atoms with Crippen LogP contribution in [0.15, 0.2) is 28.7 Å². The monoisotopic (exact) mass is 251 g/mol. The lowest BCUT2D eigenvalue weighted by Gasteiger charge is -2.09. The Morgan fingerprint density at radius 2 is 1.86 bits per heavy atom. The fraction of sp³-hybridized carbons (Fsp3) is 0.500. The van der Waals surface area contributed by atoms with Crippen LogP contribution in [0.3, 0.4) is 0 Å². The van der Waals surface area contributed by atoms with Gasteiger partial charge in [-0.15, -0.1) is 0 Å². The van der Waals surface area contributed by atoms with Gasteiger partial charge in [0.15, 0.2) is 0 Å². The summed E-state index contributed by atoms with van der Waals surface area (Å²) in [6.45, 7) is 0. The summed E-state index contributed by atoms with van der Waals surface area (Å²) in [7, 11) is 0. The third kappa shape index (κ3) is 1.32. The van der Waals surface area contributed by atoms with Crippen molar-refractivity contribution in [1.29, 1.82) is 0 Å². The molecule has 2 atom stereocenters. The molecule has 0 amide bonds. The van der Waals surface area contributed by atoms with E-state index in [0.29, 0.717) is 5.92 Å². The molecule has 0 spiro atoms. The zero-order valence-corrected chi connectivity index (χ0v) is 9.63. The van der Waals surface area contributed by atoms with Gasteiger partial charge in [0.05, 0.1) is 0 Å². The first-order valence-corrected chi connectivity index (χ1v) is 6.04. The van der Waals surface area contributed by atoms with E-state index in [4.69, 9.17) is 5.73 Å². The summed E-state index contributed by atoms with van der Waals surface area (Å²) < 4.78 is 1.15. The van der Waals surface area contributed by atoms with Crippen molar-refractivity contribution in [2.24, 2.45) is 11.7 Å². The minimum Gasteiger partial charge on any atom is -0.324 e. The van der Waals surface area contributed by atoms with Crippen LogP contribution in [0, 0.1) is 5.92 Å². The molecule has 2 N–H and O–H groups in total. The fourth-order valence-corrected chi connectivity index (χ4v) is 2.75. The van der Waals surface area contributed by atoms with E-state index < -0.39 is 0 Å². The molecule has 2 unspecified atom stereocenters. The average Bonchev–Trinajstić information content (AvgIpc) is 2.99. The van der Waals surface area contributed by atoms with Gasteiger partial charge in [0.1, 0.15) is 0 Å². The van der Waals surface area contributed by atoms with Crippen molar-refractivity contribution in [1.82, 2.24) is 0 Å². The predicted molar refractivity (Wildman–Crippen MR) is 61.1 cm³/mol. The molecule has 14 heavy (non-hydrogen) atoms. The highest BCUT2D eigenvalue weighted by Gasteiger charge is 2.59. The van der Waals surface area contributed by atoms with Crippen LogP contribution in [0.25, 0.3) is 0 Å². The van der Waals surface area contributed by atoms with Crippen LogP contribution in [-0.4, -0.2) is 5.54 Å². The third-order valence-corrected chi connectivity index (χ3v) is 4.18. The van der Waals surface area contributed by atoms with E-state index in [0.717, 1.165) is 10.4 Å². The number of hydrogen-bond donors (Lipinski definition) is 1. The van der Waals surface area contributed by atoms with Crippen molar-refractivity contribution in [3.63, 3.8) is 0 Å². The molecule has 0 aromatic heterocycles. The summed E-state index contributed by atoms with van der Waals surface area (Å²) >= 11 is 3.45. The molecule has 3 rings (SSSR count). The maximum atomic E-state index is 6.35. The van der Waals surface area contributed by atoms with E-state index in [1.807, 2.05) is 0 Å². The Kier molecular flexibility index (Phi) is 1.80. The summed E-state index contributed by atoms with van der Waals surface area (Å²) in [5, 5.41) is 0. The van der Waals surface area contributed by atoms with Crippen molar-refractivity contribution in [2.45, 2.75) is 30.7 Å². The second-order valence-electron chi connectivity index (χ2n) is 4.69. The first-order valence-electron chi connectivity index (χ1n) is 5.24. The van der Waals surface area contributed by atoms with Crippen molar-refractivity contribution in [3.05, 3.63) is 34.3 Å². The van der Waals surface area contributed by atoms with Gasteiger partial charge in [-0.1, -0.05) is 28.1 Å². The lowest BCUT2D eigenvalue weighted by atomic mass is 10.0. The molecule has 74 valence electrons. The largest absolute Gasteiger partial charge is 0.324 e. The predicted octanol–water partition coefficient (Wildman–Crippen LogP) is 3.04. The second kappa shape index (κ2) is 2.83. The molecule has 1 aromatic rings. The van der Waals surface area contributed by atoms with Gasteiger partial charge in [-0.25, -0.2) is 0 Å². The Hall–Kier alpha value is -0.340. The molecular formula is C12H14BrN. The molecule has 0 saturated heterocycles. The van der Waals surface area contributed by atoms with Crippen LogP contribution in [-0.2, 0) is 0 Å². The van der Waals surface area contributed by atoms with Crippen LogP contribution in [0.1, 0.15) is 30.7 Å². The van der Waals surface area contributed by atoms with Crippen LogP contribution >= 0.6 is 15.9 Å². The Labute approximate surface area is 92.8 Å². The second-order valence-corrected chi connectivity index (χ2v) is 5.61. The molecule has 0 radical (unpaired) electrons. The van der Waals surface area contributed by atoms with E-state index in [-0.39, 0.29) is 5.54 Å². The highest BCUT2D eigenvalue weighted by atomic mass is 79.9. The number of benzene rings is 1. The van der Waals surface area contributed by atoms with Gasteiger partial charge >= 0.3 is 0 Å². The minimum absolute atomic E-state index is 0.161. The topological polar surface area (TPSA) is 26.0 Å². The van der Waals surface area contributed by atoms with Gasteiger partial charge in [-0.2, -0.15) is 0 Å². The third-order valence-electron chi connectivity index (χ3n) is 3.66. The summed E-state index contributed by atoms with van der Waals surface area (Å²) in [5.41, 5.74) is 7.93. The number of rotatable bonds is 2. The Morgan fingerprint density at radius 3 is 2.43 bits per heavy atom. The van der Waals surface area contributed by atoms with Crippen LogP contribution < -0.4 is 5.73 Å². The van der Waals surface area contributed by atoms with Crippen LogP contribution in [0.2, 0.25) is 0 Å². The summed E-state index contributed by atoms with van der Waals surface area (Å²) in [5.74, 6) is 1.44. The molecule has 0 heterocycles. The van der Waals surface area contributed by atoms with E-state index in [1.54, 1.807) is 0 Å². The minimum atomic E-state index is 0.161. The average molecular weight is 252 g/mol. The molecule has 0 aliphatic heterocycles. The molecule has 0 bridgehead atoms. The lowest BCUT2D eigenvalue weighted by Crippen LogP contribution is -2.26. The maximum Gasteiger partial charge on any atom is 0.0259 e. The molecule has 2 aliphatic carbocycles. The normalized spacial score (nSPS) is 35.7. The van der Waals surface area contributed by atoms with Crippen molar-refractivity contribution < 1.29 is 0 Å². The molecule has 2 heteroatoms. The van der Waals surface area contributed by atoms with Crippen molar-refractivity contribution in [2.75, 3.05) is 0 Å². The SMILES string of the molecule is NC1(C2CC2)CC1c1ccc(Br)cc1. The number of hydrogen-bond acceptors (Lipinski definition) is 1. The Bertz CT molecular complexity index is 355. The highest BCUT2D eigenvalue weighted by molar-refractivity contribution is 9.10. The van der Waals surface area contributed by atoms with Gasteiger partial charge in [-0.3, -0.25) is 0 Å². The number of halogens is 1. The van der Waals surface area contributed by atoms with Crippen LogP contribution in [0.5, 0.6) is 0 Å². The smallest absolute Gasteiger partial charge is 0.0259 e. The van der Waals surface area contributed by atoms with Gasteiger partial charge in [0.2, 0.25) is 0 Å². The van der Waals surface area contributed by atoms with Crippen LogP contribution in [0.4, 0.5) is 0 Å². The molecule has 2 saturated carbocycles. The van der Waals surface area contributed by atoms with E-state index in [9.17, 15) is 0 Å². The van der Waals surface area contributed by atoms with Crippen molar-refractivity contribution >= 4 is 15.9 Å². The molecule has 2 fully saturated rings. The first kappa shape index (κ1) is 8.93. The zero-order valence-electron chi connectivity index (χ0n) is 8.04. The Balaban J connectivity index is 1.82. The molecule has 2 aliphatic rings. The lowest BCUT2D eigenvalue weighted by molar-refractivity contribution is 0.567. The summed E-state index contributed by atoms with van der Waals surface area (Å²) in [6, 6.07) is 8.62. The number of nitrogens with two attached hydrogens (primary N) is 1. The van der Waals surface area contributed by atoms with E-state index in [2.05, 4.69) is 40.2 Å². The molecule has 1 nitrogen and oxygen atoms in total. The van der Waals surface area contributed by atoms with Crippen molar-refractivity contribution in [3.8, 4) is 0 Å². The van der Waals surface area contributed by atoms with Gasteiger partial charge in [0.25, 0.3) is 0 Å². The van der Waals surface area contributed by atoms with Gasteiger partial charge in [0, 0.05) is 15.9 Å². The van der Waals surface area contributed by atoms with E-state index >= 15 is 0 Å². The zero-order chi connectivity index (χ0) is 9.76. The van der Waals surface area contributed by atoms with E-state index in [1.165, 1.54) is 24.8 Å². The molecular weight excluding hydrogens is 238 g/mol. The van der Waals surface area contributed by atoms with Gasteiger partial charge in [-0.05, 0) is 42.9 Å². The first-order chi connectivity index (χ1) is 6.70. The maximum absolute atomic E-state index is 6.35. The fourth-order valence-electron chi connectivity index (χ4n) is 2.49. The summed E-state index contributed by atoms with van der Waals surface area (Å²) in [4.78, 5) is 0. The Morgan fingerprint density at radius 1 is 1.21 bits per heavy atom. The highest BCUT2D eigenvalue weighted by Crippen LogP contribution is 2.60. The van der Waals surface area contributed by atoms with Gasteiger partial charge < -0.3 is 5.73 Å². The summed E-state index contributed by atoms with van der Waals surface area (Å²) in [6.07, 6.45) is 3.90. The molecule has 1 aromatic carbocycles.